The summed E-state index contributed by atoms with van der Waals surface area (Å²) in [7, 11) is 3.55. The van der Waals surface area contributed by atoms with Gasteiger partial charge in [-0.1, -0.05) is 31.9 Å². The van der Waals surface area contributed by atoms with Gasteiger partial charge in [0.05, 0.1) is 7.11 Å². The average Bonchev–Trinajstić information content (AvgIpc) is 2.86. The van der Waals surface area contributed by atoms with Gasteiger partial charge in [-0.15, -0.1) is 0 Å². The summed E-state index contributed by atoms with van der Waals surface area (Å²) in [6.07, 6.45) is 4.40. The van der Waals surface area contributed by atoms with Gasteiger partial charge in [0.25, 0.3) is 0 Å². The molecule has 1 aliphatic carbocycles. The predicted molar refractivity (Wildman–Crippen MR) is 76.0 cm³/mol. The lowest BCUT2D eigenvalue weighted by Crippen LogP contribution is -2.38. The molecule has 3 heteroatoms. The van der Waals surface area contributed by atoms with Crippen LogP contribution in [0.5, 0.6) is 5.75 Å². The van der Waals surface area contributed by atoms with Crippen LogP contribution >= 0.6 is 0 Å². The van der Waals surface area contributed by atoms with Crippen molar-refractivity contribution in [2.75, 3.05) is 14.2 Å². The van der Waals surface area contributed by atoms with Gasteiger partial charge in [-0.3, -0.25) is 4.79 Å². The van der Waals surface area contributed by atoms with Crippen molar-refractivity contribution in [3.8, 4) is 5.75 Å². The fourth-order valence-corrected chi connectivity index (χ4v) is 2.95. The fraction of sp³-hybridized carbons (Fsp3) is 0.562. The smallest absolute Gasteiger partial charge is 0.228 e. The van der Waals surface area contributed by atoms with Crippen LogP contribution in [0.4, 0.5) is 0 Å². The monoisotopic (exact) mass is 261 g/mol. The van der Waals surface area contributed by atoms with E-state index in [0.29, 0.717) is 6.54 Å². The Morgan fingerprint density at radius 2 is 2.05 bits per heavy atom. The number of benzene rings is 1. The first-order chi connectivity index (χ1) is 9.05. The molecule has 1 amide bonds. The van der Waals surface area contributed by atoms with Crippen LogP contribution in [0.1, 0.15) is 38.2 Å². The summed E-state index contributed by atoms with van der Waals surface area (Å²) in [4.78, 5) is 14.4. The van der Waals surface area contributed by atoms with Crippen molar-refractivity contribution in [1.82, 2.24) is 4.90 Å². The SMILES string of the molecule is COc1cccc(CN(C)C(=O)C2(C)CCCC2)c1. The van der Waals surface area contributed by atoms with Crippen LogP contribution in [0.3, 0.4) is 0 Å². The third kappa shape index (κ3) is 3.09. The van der Waals surface area contributed by atoms with Crippen LogP contribution < -0.4 is 4.74 Å². The molecule has 3 nitrogen and oxygen atoms in total. The molecule has 1 fully saturated rings. The van der Waals surface area contributed by atoms with Crippen molar-refractivity contribution in [1.29, 1.82) is 0 Å². The van der Waals surface area contributed by atoms with Gasteiger partial charge < -0.3 is 9.64 Å². The highest BCUT2D eigenvalue weighted by molar-refractivity contribution is 5.82. The van der Waals surface area contributed by atoms with E-state index in [1.807, 2.05) is 36.2 Å². The molecule has 0 aliphatic heterocycles. The number of carbonyl (C=O) groups excluding carboxylic acids is 1. The summed E-state index contributed by atoms with van der Waals surface area (Å²) < 4.78 is 5.21. The number of ether oxygens (including phenoxy) is 1. The lowest BCUT2D eigenvalue weighted by atomic mass is 9.87. The first kappa shape index (κ1) is 13.9. The topological polar surface area (TPSA) is 29.5 Å². The molecule has 1 aliphatic rings. The highest BCUT2D eigenvalue weighted by Gasteiger charge is 2.37. The molecule has 0 spiro atoms. The Hall–Kier alpha value is -1.51. The van der Waals surface area contributed by atoms with Crippen LogP contribution in [0.15, 0.2) is 24.3 Å². The zero-order valence-electron chi connectivity index (χ0n) is 12.1. The highest BCUT2D eigenvalue weighted by atomic mass is 16.5. The molecule has 104 valence electrons. The molecule has 0 aromatic heterocycles. The second kappa shape index (κ2) is 5.64. The number of nitrogens with zero attached hydrogens (tertiary/aromatic N) is 1. The highest BCUT2D eigenvalue weighted by Crippen LogP contribution is 2.39. The van der Waals surface area contributed by atoms with Gasteiger partial charge in [0.2, 0.25) is 5.91 Å². The molecule has 1 aromatic rings. The molecule has 0 bridgehead atoms. The van der Waals surface area contributed by atoms with E-state index in [4.69, 9.17) is 4.74 Å². The van der Waals surface area contributed by atoms with Crippen LogP contribution in [-0.4, -0.2) is 25.0 Å². The Bertz CT molecular complexity index is 450. The lowest BCUT2D eigenvalue weighted by Gasteiger charge is -2.29. The third-order valence-corrected chi connectivity index (χ3v) is 4.12. The zero-order chi connectivity index (χ0) is 13.9. The van der Waals surface area contributed by atoms with Crippen molar-refractivity contribution < 1.29 is 9.53 Å². The summed E-state index contributed by atoms with van der Waals surface area (Å²) in [5.41, 5.74) is 0.963. The standard InChI is InChI=1S/C16H23NO2/c1-16(9-4-5-10-16)15(18)17(2)12-13-7-6-8-14(11-13)19-3/h6-8,11H,4-5,9-10,12H2,1-3H3. The molecule has 0 unspecified atom stereocenters. The normalized spacial score (nSPS) is 17.2. The van der Waals surface area contributed by atoms with E-state index in [2.05, 4.69) is 6.92 Å². The maximum absolute atomic E-state index is 12.5. The van der Waals surface area contributed by atoms with Gasteiger partial charge in [0.15, 0.2) is 0 Å². The van der Waals surface area contributed by atoms with E-state index in [-0.39, 0.29) is 11.3 Å². The van der Waals surface area contributed by atoms with E-state index >= 15 is 0 Å². The summed E-state index contributed by atoms with van der Waals surface area (Å²) in [6, 6.07) is 7.90. The molecule has 0 radical (unpaired) electrons. The minimum absolute atomic E-state index is 0.145. The van der Waals surface area contributed by atoms with Gasteiger partial charge in [-0.05, 0) is 30.5 Å². The van der Waals surface area contributed by atoms with Crippen molar-refractivity contribution in [2.24, 2.45) is 5.41 Å². The maximum atomic E-state index is 12.5. The molecule has 0 N–H and O–H groups in total. The Labute approximate surface area is 115 Å². The number of methoxy groups -OCH3 is 1. The molecular formula is C16H23NO2. The van der Waals surface area contributed by atoms with E-state index in [9.17, 15) is 4.79 Å². The van der Waals surface area contributed by atoms with Gasteiger partial charge in [0.1, 0.15) is 5.75 Å². The summed E-state index contributed by atoms with van der Waals surface area (Å²) >= 11 is 0. The Kier molecular flexibility index (Phi) is 4.13. The van der Waals surface area contributed by atoms with Gasteiger partial charge in [-0.2, -0.15) is 0 Å². The first-order valence-electron chi connectivity index (χ1n) is 6.94. The van der Waals surface area contributed by atoms with Gasteiger partial charge >= 0.3 is 0 Å². The zero-order valence-corrected chi connectivity index (χ0v) is 12.1. The maximum Gasteiger partial charge on any atom is 0.228 e. The van der Waals surface area contributed by atoms with Crippen LogP contribution in [0.2, 0.25) is 0 Å². The van der Waals surface area contributed by atoms with E-state index in [1.54, 1.807) is 7.11 Å². The molecule has 1 saturated carbocycles. The minimum Gasteiger partial charge on any atom is -0.497 e. The molecule has 0 atom stereocenters. The first-order valence-corrected chi connectivity index (χ1v) is 6.94. The quantitative estimate of drug-likeness (QED) is 0.832. The van der Waals surface area contributed by atoms with Gasteiger partial charge in [0, 0.05) is 19.0 Å². The molecular weight excluding hydrogens is 238 g/mol. The minimum atomic E-state index is -0.145. The summed E-state index contributed by atoms with van der Waals surface area (Å²) in [5.74, 6) is 1.11. The number of carbonyl (C=O) groups is 1. The summed E-state index contributed by atoms with van der Waals surface area (Å²) in [5, 5.41) is 0. The molecule has 19 heavy (non-hydrogen) atoms. The number of amides is 1. The Morgan fingerprint density at radius 3 is 2.68 bits per heavy atom. The van der Waals surface area contributed by atoms with E-state index in [0.717, 1.165) is 24.2 Å². The van der Waals surface area contributed by atoms with Crippen LogP contribution in [0.25, 0.3) is 0 Å². The number of hydrogen-bond acceptors (Lipinski definition) is 2. The number of rotatable bonds is 4. The second-order valence-electron chi connectivity index (χ2n) is 5.78. The van der Waals surface area contributed by atoms with E-state index in [1.165, 1.54) is 12.8 Å². The fourth-order valence-electron chi connectivity index (χ4n) is 2.95. The average molecular weight is 261 g/mol. The second-order valence-corrected chi connectivity index (χ2v) is 5.78. The van der Waals surface area contributed by atoms with Crippen molar-refractivity contribution in [3.63, 3.8) is 0 Å². The van der Waals surface area contributed by atoms with Crippen LogP contribution in [-0.2, 0) is 11.3 Å². The van der Waals surface area contributed by atoms with E-state index < -0.39 is 0 Å². The predicted octanol–water partition coefficient (Wildman–Crippen LogP) is 3.23. The molecule has 0 saturated heterocycles. The molecule has 1 aromatic carbocycles. The van der Waals surface area contributed by atoms with Crippen molar-refractivity contribution >= 4 is 5.91 Å². The third-order valence-electron chi connectivity index (χ3n) is 4.12. The van der Waals surface area contributed by atoms with Crippen LogP contribution in [0, 0.1) is 5.41 Å². The Morgan fingerprint density at radius 1 is 1.37 bits per heavy atom. The lowest BCUT2D eigenvalue weighted by molar-refractivity contribution is -0.140. The van der Waals surface area contributed by atoms with Crippen molar-refractivity contribution in [3.05, 3.63) is 29.8 Å². The van der Waals surface area contributed by atoms with Crippen molar-refractivity contribution in [2.45, 2.75) is 39.2 Å². The molecule has 2 rings (SSSR count). The number of hydrogen-bond donors (Lipinski definition) is 0. The summed E-state index contributed by atoms with van der Waals surface area (Å²) in [6.45, 7) is 2.75. The largest absolute Gasteiger partial charge is 0.497 e. The van der Waals surface area contributed by atoms with Gasteiger partial charge in [-0.25, -0.2) is 0 Å². The molecule has 0 heterocycles. The Balaban J connectivity index is 2.03.